The molecule has 3 N–H and O–H groups in total. The van der Waals surface area contributed by atoms with Crippen LogP contribution in [0.25, 0.3) is 22.3 Å². The second-order valence-corrected chi connectivity index (χ2v) is 10.0. The number of carbonyl (C=O) groups is 1. The first kappa shape index (κ1) is 20.3. The van der Waals surface area contributed by atoms with Crippen molar-refractivity contribution in [2.24, 2.45) is 5.73 Å². The van der Waals surface area contributed by atoms with Gasteiger partial charge in [0, 0.05) is 28.6 Å². The number of aromatic nitrogens is 2. The normalized spacial score (nSPS) is 24.6. The summed E-state index contributed by atoms with van der Waals surface area (Å²) < 4.78 is 22.0. The zero-order valence-electron chi connectivity index (χ0n) is 18.8. The lowest BCUT2D eigenvalue weighted by Gasteiger charge is -2.31. The number of aryl methyl sites for hydroxylation is 1. The van der Waals surface area contributed by atoms with Crippen LogP contribution in [0.2, 0.25) is 0 Å². The van der Waals surface area contributed by atoms with Crippen molar-refractivity contribution >= 4 is 16.9 Å². The molecular formula is C26H24FN3O4. The lowest BCUT2D eigenvalue weighted by Crippen LogP contribution is -2.44. The largest absolute Gasteiger partial charge is 0.458 e. The van der Waals surface area contributed by atoms with Gasteiger partial charge < -0.3 is 20.1 Å². The minimum absolute atomic E-state index is 0.0777. The van der Waals surface area contributed by atoms with Crippen LogP contribution in [0.4, 0.5) is 4.39 Å². The van der Waals surface area contributed by atoms with E-state index in [1.807, 2.05) is 0 Å². The van der Waals surface area contributed by atoms with Gasteiger partial charge >= 0.3 is 5.97 Å². The van der Waals surface area contributed by atoms with Crippen LogP contribution >= 0.6 is 0 Å². The lowest BCUT2D eigenvalue weighted by atomic mass is 9.81. The first-order valence-electron chi connectivity index (χ1n) is 11.9. The molecule has 1 fully saturated rings. The number of nitrogens with zero attached hydrogens (tertiary/aromatic N) is 2. The third kappa shape index (κ3) is 2.40. The minimum atomic E-state index is -1.88. The zero-order chi connectivity index (χ0) is 23.5. The summed E-state index contributed by atoms with van der Waals surface area (Å²) >= 11 is 0. The van der Waals surface area contributed by atoms with Crippen LogP contribution in [-0.4, -0.2) is 20.6 Å². The smallest absolute Gasteiger partial charge is 0.343 e. The number of benzene rings is 1. The first-order chi connectivity index (χ1) is 16.3. The van der Waals surface area contributed by atoms with Gasteiger partial charge in [-0.1, -0.05) is 6.92 Å². The van der Waals surface area contributed by atoms with Gasteiger partial charge in [0.15, 0.2) is 5.60 Å². The first-order valence-corrected chi connectivity index (χ1v) is 11.9. The maximum atomic E-state index is 15.2. The van der Waals surface area contributed by atoms with Crippen LogP contribution in [0.1, 0.15) is 77.9 Å². The van der Waals surface area contributed by atoms with Crippen molar-refractivity contribution in [3.63, 3.8) is 0 Å². The molecule has 1 saturated carbocycles. The van der Waals surface area contributed by atoms with Gasteiger partial charge in [0.1, 0.15) is 12.4 Å². The summed E-state index contributed by atoms with van der Waals surface area (Å²) in [5, 5.41) is 12.0. The molecule has 7 rings (SSSR count). The highest BCUT2D eigenvalue weighted by Gasteiger charge is 2.46. The van der Waals surface area contributed by atoms with Crippen LogP contribution in [0.3, 0.4) is 0 Å². The van der Waals surface area contributed by atoms with E-state index in [0.29, 0.717) is 29.9 Å². The predicted octanol–water partition coefficient (Wildman–Crippen LogP) is 3.04. The molecule has 0 saturated heterocycles. The summed E-state index contributed by atoms with van der Waals surface area (Å²) in [4.78, 5) is 30.7. The number of nitrogens with two attached hydrogens (primary N) is 1. The second-order valence-electron chi connectivity index (χ2n) is 10.0. The molecule has 0 bridgehead atoms. The Morgan fingerprint density at radius 2 is 2.00 bits per heavy atom. The molecule has 174 valence electrons. The summed E-state index contributed by atoms with van der Waals surface area (Å²) in [6, 6.07) is 2.96. The van der Waals surface area contributed by atoms with Crippen LogP contribution in [0, 0.1) is 5.82 Å². The average molecular weight is 461 g/mol. The van der Waals surface area contributed by atoms with Gasteiger partial charge in [-0.25, -0.2) is 14.2 Å². The molecule has 0 amide bonds. The van der Waals surface area contributed by atoms with E-state index in [4.69, 9.17) is 15.5 Å². The lowest BCUT2D eigenvalue weighted by molar-refractivity contribution is -0.172. The maximum absolute atomic E-state index is 15.2. The molecule has 2 aliphatic heterocycles. The summed E-state index contributed by atoms with van der Waals surface area (Å²) in [7, 11) is 0. The van der Waals surface area contributed by atoms with Gasteiger partial charge in [-0.2, -0.15) is 0 Å². The Labute approximate surface area is 194 Å². The Kier molecular flexibility index (Phi) is 3.89. The Morgan fingerprint density at radius 1 is 1.21 bits per heavy atom. The number of cyclic esters (lactones) is 1. The number of halogens is 1. The number of fused-ring (bicyclic) bond motifs is 5. The number of hydrogen-bond donors (Lipinski definition) is 2. The third-order valence-corrected chi connectivity index (χ3v) is 8.18. The monoisotopic (exact) mass is 461 g/mol. The molecule has 2 aromatic heterocycles. The fourth-order valence-corrected chi connectivity index (χ4v) is 6.27. The van der Waals surface area contributed by atoms with Crippen molar-refractivity contribution in [2.75, 3.05) is 0 Å². The van der Waals surface area contributed by atoms with E-state index in [9.17, 15) is 14.7 Å². The van der Waals surface area contributed by atoms with Crippen molar-refractivity contribution in [1.29, 1.82) is 0 Å². The fraction of sp³-hybridized carbons (Fsp3) is 0.423. The van der Waals surface area contributed by atoms with E-state index in [1.54, 1.807) is 17.6 Å². The molecule has 34 heavy (non-hydrogen) atoms. The van der Waals surface area contributed by atoms with E-state index in [0.717, 1.165) is 46.9 Å². The number of hydrogen-bond acceptors (Lipinski definition) is 6. The van der Waals surface area contributed by atoms with E-state index >= 15 is 4.39 Å². The van der Waals surface area contributed by atoms with Gasteiger partial charge in [0.25, 0.3) is 5.56 Å². The summed E-state index contributed by atoms with van der Waals surface area (Å²) in [6.45, 7) is 1.80. The van der Waals surface area contributed by atoms with Crippen molar-refractivity contribution in [3.8, 4) is 11.4 Å². The Balaban J connectivity index is 1.54. The number of pyridine rings is 2. The third-order valence-electron chi connectivity index (χ3n) is 8.18. The number of carbonyl (C=O) groups excluding carboxylic acids is 1. The molecule has 2 aliphatic carbocycles. The molecular weight excluding hydrogens is 437 g/mol. The minimum Gasteiger partial charge on any atom is -0.458 e. The van der Waals surface area contributed by atoms with Crippen LogP contribution in [-0.2, 0) is 34.7 Å². The van der Waals surface area contributed by atoms with Crippen molar-refractivity contribution < 1.29 is 19.0 Å². The van der Waals surface area contributed by atoms with Gasteiger partial charge in [-0.15, -0.1) is 0 Å². The van der Waals surface area contributed by atoms with E-state index in [2.05, 4.69) is 0 Å². The number of rotatable bonds is 2. The number of esters is 1. The standard InChI is InChI=1S/C26H24FN3O4/c1-2-26(33)15-7-19-23-13(9-30(19)24(31)14(15)10-34-25(26)32)21-17(28)6-5-12-20(11-3-4-11)16(27)8-18(29-23)22(12)21/h7-8,11,17,33H,2-6,9-10,28H2,1H3/t17-,26+/m1/s1. The molecule has 0 radical (unpaired) electrons. The Morgan fingerprint density at radius 3 is 2.74 bits per heavy atom. The molecule has 7 nitrogen and oxygen atoms in total. The van der Waals surface area contributed by atoms with Crippen molar-refractivity contribution in [2.45, 2.75) is 69.7 Å². The maximum Gasteiger partial charge on any atom is 0.343 e. The molecule has 0 unspecified atom stereocenters. The van der Waals surface area contributed by atoms with Crippen LogP contribution in [0.15, 0.2) is 16.9 Å². The Bertz CT molecular complexity index is 1520. The highest BCUT2D eigenvalue weighted by molar-refractivity contribution is 5.93. The topological polar surface area (TPSA) is 107 Å². The van der Waals surface area contributed by atoms with Gasteiger partial charge in [-0.3, -0.25) is 4.79 Å². The Hall–Kier alpha value is -3.10. The molecule has 2 atom stereocenters. The highest BCUT2D eigenvalue weighted by atomic mass is 19.1. The molecule has 1 aromatic carbocycles. The van der Waals surface area contributed by atoms with E-state index in [-0.39, 0.29) is 47.5 Å². The fourth-order valence-electron chi connectivity index (χ4n) is 6.27. The zero-order valence-corrected chi connectivity index (χ0v) is 18.8. The second kappa shape index (κ2) is 6.52. The van der Waals surface area contributed by atoms with E-state index < -0.39 is 11.6 Å². The predicted molar refractivity (Wildman–Crippen MR) is 122 cm³/mol. The molecule has 8 heteroatoms. The molecule has 3 aromatic rings. The molecule has 0 spiro atoms. The highest BCUT2D eigenvalue weighted by Crippen LogP contribution is 2.50. The van der Waals surface area contributed by atoms with Gasteiger partial charge in [-0.05, 0) is 60.8 Å². The average Bonchev–Trinajstić information content (AvgIpc) is 3.59. The molecule has 4 heterocycles. The quantitative estimate of drug-likeness (QED) is 0.445. The van der Waals surface area contributed by atoms with Crippen molar-refractivity contribution in [3.05, 3.63) is 61.7 Å². The summed E-state index contributed by atoms with van der Waals surface area (Å²) in [5.74, 6) is -0.707. The van der Waals surface area contributed by atoms with Crippen LogP contribution < -0.4 is 11.3 Å². The van der Waals surface area contributed by atoms with E-state index in [1.165, 1.54) is 6.07 Å². The SMILES string of the molecule is CC[C@@]1(O)C(=O)OCc2c1cc1n(c2=O)Cc2c-1nc1cc(F)c(C3CC3)c3c1c2[C@H](N)CC3. The van der Waals surface area contributed by atoms with Crippen LogP contribution in [0.5, 0.6) is 0 Å². The summed E-state index contributed by atoms with van der Waals surface area (Å²) in [6.07, 6.45) is 3.51. The number of aliphatic hydroxyl groups is 1. The van der Waals surface area contributed by atoms with Crippen molar-refractivity contribution in [1.82, 2.24) is 9.55 Å². The number of ether oxygens (including phenoxy) is 1. The van der Waals surface area contributed by atoms with Gasteiger partial charge in [0.2, 0.25) is 0 Å². The van der Waals surface area contributed by atoms with Gasteiger partial charge in [0.05, 0.1) is 29.0 Å². The summed E-state index contributed by atoms with van der Waals surface area (Å²) in [5.41, 5.74) is 10.3. The molecule has 4 aliphatic rings.